The van der Waals surface area contributed by atoms with Gasteiger partial charge in [-0.2, -0.15) is 4.68 Å². The second-order valence-corrected chi connectivity index (χ2v) is 5.15. The molecule has 0 atom stereocenters. The molecule has 3 rings (SSSR count). The maximum atomic E-state index is 11.4. The molecule has 1 amide bonds. The first-order valence-corrected chi connectivity index (χ1v) is 7.26. The Morgan fingerprint density at radius 3 is 2.30 bits per heavy atom. The van der Waals surface area contributed by atoms with Crippen LogP contribution in [-0.4, -0.2) is 20.3 Å². The molecule has 23 heavy (non-hydrogen) atoms. The summed E-state index contributed by atoms with van der Waals surface area (Å²) >= 11 is 0. The zero-order valence-electron chi connectivity index (χ0n) is 12.7. The van der Waals surface area contributed by atoms with Gasteiger partial charge >= 0.3 is 0 Å². The second kappa shape index (κ2) is 6.31. The molecule has 0 aliphatic carbocycles. The lowest BCUT2D eigenvalue weighted by atomic mass is 10.2. The van der Waals surface area contributed by atoms with Gasteiger partial charge in [0.15, 0.2) is 0 Å². The number of benzene rings is 2. The SMILES string of the molecule is CC(=O)Nc1nn(-c2ccccc2)c(=N)n1Cc1ccccc1. The van der Waals surface area contributed by atoms with Crippen molar-refractivity contribution in [3.8, 4) is 5.69 Å². The summed E-state index contributed by atoms with van der Waals surface area (Å²) in [5, 5.41) is 15.5. The number of nitrogens with one attached hydrogen (secondary N) is 2. The molecule has 0 radical (unpaired) electrons. The zero-order valence-corrected chi connectivity index (χ0v) is 12.7. The second-order valence-electron chi connectivity index (χ2n) is 5.15. The van der Waals surface area contributed by atoms with Crippen LogP contribution in [0.3, 0.4) is 0 Å². The van der Waals surface area contributed by atoms with Crippen molar-refractivity contribution in [2.45, 2.75) is 13.5 Å². The van der Waals surface area contributed by atoms with Crippen LogP contribution >= 0.6 is 0 Å². The van der Waals surface area contributed by atoms with Crippen molar-refractivity contribution in [3.05, 3.63) is 71.8 Å². The molecule has 0 unspecified atom stereocenters. The Balaban J connectivity index is 2.07. The van der Waals surface area contributed by atoms with Gasteiger partial charge in [-0.05, 0) is 17.7 Å². The van der Waals surface area contributed by atoms with Crippen LogP contribution in [0.25, 0.3) is 5.69 Å². The number of amides is 1. The molecule has 2 N–H and O–H groups in total. The van der Waals surface area contributed by atoms with Gasteiger partial charge in [0, 0.05) is 6.92 Å². The molecule has 6 nitrogen and oxygen atoms in total. The predicted molar refractivity (Wildman–Crippen MR) is 87.3 cm³/mol. The highest BCUT2D eigenvalue weighted by Gasteiger charge is 2.13. The normalized spacial score (nSPS) is 10.5. The van der Waals surface area contributed by atoms with Crippen molar-refractivity contribution >= 4 is 11.9 Å². The smallest absolute Gasteiger partial charge is 0.231 e. The summed E-state index contributed by atoms with van der Waals surface area (Å²) in [7, 11) is 0. The summed E-state index contributed by atoms with van der Waals surface area (Å²) in [6.45, 7) is 1.89. The van der Waals surface area contributed by atoms with Gasteiger partial charge in [-0.1, -0.05) is 48.5 Å². The number of carbonyl (C=O) groups is 1. The largest absolute Gasteiger partial charge is 0.295 e. The molecule has 0 saturated heterocycles. The Morgan fingerprint density at radius 1 is 1.09 bits per heavy atom. The molecule has 1 aromatic heterocycles. The number of aromatic nitrogens is 3. The van der Waals surface area contributed by atoms with Crippen molar-refractivity contribution in [1.29, 1.82) is 5.41 Å². The molecular formula is C17H17N5O. The van der Waals surface area contributed by atoms with Gasteiger partial charge in [-0.3, -0.25) is 20.1 Å². The minimum atomic E-state index is -0.218. The quantitative estimate of drug-likeness (QED) is 0.775. The third-order valence-electron chi connectivity index (χ3n) is 3.38. The molecule has 0 aliphatic heterocycles. The fourth-order valence-corrected chi connectivity index (χ4v) is 2.33. The van der Waals surface area contributed by atoms with E-state index in [1.165, 1.54) is 11.6 Å². The van der Waals surface area contributed by atoms with E-state index in [9.17, 15) is 4.79 Å². The van der Waals surface area contributed by atoms with Crippen LogP contribution in [0.15, 0.2) is 60.7 Å². The van der Waals surface area contributed by atoms with Gasteiger partial charge in [0.25, 0.3) is 0 Å². The lowest BCUT2D eigenvalue weighted by Crippen LogP contribution is -2.25. The average molecular weight is 307 g/mol. The standard InChI is InChI=1S/C17H17N5O/c1-13(23)19-17-20-22(15-10-6-3-7-11-15)16(18)21(17)12-14-8-4-2-5-9-14/h2-11,18H,12H2,1H3,(H,19,20,23). The Morgan fingerprint density at radius 2 is 1.70 bits per heavy atom. The van der Waals surface area contributed by atoms with Crippen LogP contribution in [0.1, 0.15) is 12.5 Å². The number of nitrogens with zero attached hydrogens (tertiary/aromatic N) is 3. The van der Waals surface area contributed by atoms with Crippen LogP contribution < -0.4 is 10.9 Å². The molecule has 0 bridgehead atoms. The summed E-state index contributed by atoms with van der Waals surface area (Å²) in [5.74, 6) is 0.139. The number of anilines is 1. The summed E-state index contributed by atoms with van der Waals surface area (Å²) in [6, 6.07) is 19.2. The average Bonchev–Trinajstić information content (AvgIpc) is 2.85. The van der Waals surface area contributed by atoms with E-state index in [4.69, 9.17) is 5.41 Å². The van der Waals surface area contributed by atoms with Gasteiger partial charge in [-0.25, -0.2) is 0 Å². The molecule has 0 aliphatic rings. The van der Waals surface area contributed by atoms with Crippen molar-refractivity contribution in [2.24, 2.45) is 0 Å². The number of hydrogen-bond donors (Lipinski definition) is 2. The maximum absolute atomic E-state index is 11.4. The Labute approximate surface area is 133 Å². The Bertz CT molecular complexity index is 865. The van der Waals surface area contributed by atoms with Crippen molar-refractivity contribution in [1.82, 2.24) is 14.3 Å². The summed E-state index contributed by atoms with van der Waals surface area (Å²) in [4.78, 5) is 11.4. The van der Waals surface area contributed by atoms with Crippen LogP contribution in [0.4, 0.5) is 5.95 Å². The predicted octanol–water partition coefficient (Wildman–Crippen LogP) is 2.16. The van der Waals surface area contributed by atoms with Crippen LogP contribution in [-0.2, 0) is 11.3 Å². The van der Waals surface area contributed by atoms with Crippen molar-refractivity contribution in [2.75, 3.05) is 5.32 Å². The lowest BCUT2D eigenvalue weighted by molar-refractivity contribution is -0.114. The van der Waals surface area contributed by atoms with Gasteiger partial charge < -0.3 is 0 Å². The highest BCUT2D eigenvalue weighted by Crippen LogP contribution is 2.10. The first-order valence-electron chi connectivity index (χ1n) is 7.26. The molecule has 3 aromatic rings. The molecule has 1 heterocycles. The molecule has 0 saturated carbocycles. The topological polar surface area (TPSA) is 75.7 Å². The number of rotatable bonds is 4. The first-order chi connectivity index (χ1) is 11.1. The monoisotopic (exact) mass is 307 g/mol. The first kappa shape index (κ1) is 14.8. The van der Waals surface area contributed by atoms with E-state index >= 15 is 0 Å². The van der Waals surface area contributed by atoms with Crippen molar-refractivity contribution in [3.63, 3.8) is 0 Å². The van der Waals surface area contributed by atoms with Crippen LogP contribution in [0.2, 0.25) is 0 Å². The molecule has 6 heteroatoms. The van der Waals surface area contributed by atoms with Crippen LogP contribution in [0, 0.1) is 5.41 Å². The van der Waals surface area contributed by atoms with Gasteiger partial charge in [0.2, 0.25) is 17.5 Å². The molecule has 0 spiro atoms. The van der Waals surface area contributed by atoms with Gasteiger partial charge in [-0.15, -0.1) is 5.10 Å². The van der Waals surface area contributed by atoms with E-state index in [-0.39, 0.29) is 11.5 Å². The van der Waals surface area contributed by atoms with Gasteiger partial charge in [0.1, 0.15) is 0 Å². The zero-order chi connectivity index (χ0) is 16.2. The van der Waals surface area contributed by atoms with Crippen LogP contribution in [0.5, 0.6) is 0 Å². The number of para-hydroxylation sites is 1. The molecule has 2 aromatic carbocycles. The van der Waals surface area contributed by atoms with Crippen molar-refractivity contribution < 1.29 is 4.79 Å². The molecule has 116 valence electrons. The lowest BCUT2D eigenvalue weighted by Gasteiger charge is -2.06. The Hall–Kier alpha value is -3.15. The Kier molecular flexibility index (Phi) is 4.05. The summed E-state index contributed by atoms with van der Waals surface area (Å²) < 4.78 is 3.18. The fraction of sp³-hybridized carbons (Fsp3) is 0.118. The minimum Gasteiger partial charge on any atom is -0.295 e. The summed E-state index contributed by atoms with van der Waals surface area (Å²) in [6.07, 6.45) is 0. The fourth-order valence-electron chi connectivity index (χ4n) is 2.33. The third kappa shape index (κ3) is 3.21. The van der Waals surface area contributed by atoms with E-state index in [0.717, 1.165) is 11.3 Å². The van der Waals surface area contributed by atoms with E-state index in [2.05, 4.69) is 10.4 Å². The highest BCUT2D eigenvalue weighted by atomic mass is 16.1. The number of carbonyl (C=O) groups excluding carboxylic acids is 1. The van der Waals surface area contributed by atoms with E-state index < -0.39 is 0 Å². The van der Waals surface area contributed by atoms with E-state index in [1.54, 1.807) is 4.57 Å². The summed E-state index contributed by atoms with van der Waals surface area (Å²) in [5.41, 5.74) is 2.00. The highest BCUT2D eigenvalue weighted by molar-refractivity contribution is 5.86. The minimum absolute atomic E-state index is 0.198. The molecular weight excluding hydrogens is 290 g/mol. The maximum Gasteiger partial charge on any atom is 0.231 e. The third-order valence-corrected chi connectivity index (χ3v) is 3.38. The van der Waals surface area contributed by atoms with E-state index in [1.807, 2.05) is 60.7 Å². The number of hydrogen-bond acceptors (Lipinski definition) is 3. The van der Waals surface area contributed by atoms with E-state index in [0.29, 0.717) is 12.5 Å². The van der Waals surface area contributed by atoms with Gasteiger partial charge in [0.05, 0.1) is 12.2 Å². The molecule has 0 fully saturated rings.